The van der Waals surface area contributed by atoms with E-state index in [1.807, 2.05) is 128 Å². The van der Waals surface area contributed by atoms with Crippen LogP contribution in [-0.4, -0.2) is 61.6 Å². The number of pyridine rings is 1. The van der Waals surface area contributed by atoms with Gasteiger partial charge in [-0.1, -0.05) is 122 Å². The van der Waals surface area contributed by atoms with Gasteiger partial charge in [-0.25, -0.2) is 8.42 Å². The van der Waals surface area contributed by atoms with E-state index in [0.717, 1.165) is 63.2 Å². The van der Waals surface area contributed by atoms with Crippen LogP contribution in [0.3, 0.4) is 0 Å². The molecule has 1 amide bonds. The number of aliphatic hydroxyl groups excluding tert-OH is 1. The van der Waals surface area contributed by atoms with E-state index in [1.54, 1.807) is 24.3 Å². The minimum atomic E-state index is -3.97. The number of carbonyl (C=O) groups is 1. The number of hydrogen-bond acceptors (Lipinski definition) is 8. The van der Waals surface area contributed by atoms with Crippen LogP contribution in [0.2, 0.25) is 0 Å². The van der Waals surface area contributed by atoms with E-state index in [1.165, 1.54) is 0 Å². The average Bonchev–Trinajstić information content (AvgIpc) is 3.29. The van der Waals surface area contributed by atoms with E-state index in [2.05, 4.69) is 40.0 Å². The standard InChI is InChI=1S/C50H54N4O6S/c1-35-18-24-45(25-19-35)61(57,58)53-46(30-37-11-5-4-6-12-37)49(56)52-32-39-13-9-14-41(29-39)42-15-10-16-43(31-42)50-59-47(33-54(3)28-26-44-17-7-8-27-51-44)36(2)48(60-50)40-22-20-38(34-55)21-23-40/h4-25,27,29,31,36,46-48,50,53,55H,26,28,30,32-34H2,1-3H3,(H,52,56)/t36-,46-,47+,48+,50+/m1/s1. The van der Waals surface area contributed by atoms with Crippen LogP contribution in [0.15, 0.2) is 157 Å². The van der Waals surface area contributed by atoms with Gasteiger partial charge in [-0.2, -0.15) is 4.72 Å². The van der Waals surface area contributed by atoms with Gasteiger partial charge in [0.05, 0.1) is 23.7 Å². The Morgan fingerprint density at radius 1 is 0.787 bits per heavy atom. The summed E-state index contributed by atoms with van der Waals surface area (Å²) in [6.07, 6.45) is 1.81. The maximum Gasteiger partial charge on any atom is 0.241 e. The number of carbonyl (C=O) groups excluding carboxylic acids is 1. The molecule has 7 rings (SSSR count). The van der Waals surface area contributed by atoms with Crippen molar-refractivity contribution in [3.63, 3.8) is 0 Å². The number of amides is 1. The van der Waals surface area contributed by atoms with Gasteiger partial charge in [-0.15, -0.1) is 0 Å². The van der Waals surface area contributed by atoms with Crippen molar-refractivity contribution in [1.82, 2.24) is 19.9 Å². The van der Waals surface area contributed by atoms with E-state index in [9.17, 15) is 18.3 Å². The normalized spacial score (nSPS) is 18.4. The second-order valence-electron chi connectivity index (χ2n) is 15.9. The lowest BCUT2D eigenvalue weighted by Crippen LogP contribution is -2.47. The van der Waals surface area contributed by atoms with Crippen molar-refractivity contribution in [1.29, 1.82) is 0 Å². The van der Waals surface area contributed by atoms with Crippen molar-refractivity contribution in [2.75, 3.05) is 20.1 Å². The Morgan fingerprint density at radius 2 is 1.49 bits per heavy atom. The molecule has 6 aromatic rings. The monoisotopic (exact) mass is 838 g/mol. The molecule has 0 spiro atoms. The van der Waals surface area contributed by atoms with Crippen molar-refractivity contribution in [3.8, 4) is 11.1 Å². The van der Waals surface area contributed by atoms with Crippen LogP contribution >= 0.6 is 0 Å². The smallest absolute Gasteiger partial charge is 0.241 e. The molecular weight excluding hydrogens is 785 g/mol. The molecule has 10 nitrogen and oxygen atoms in total. The maximum atomic E-state index is 13.8. The Morgan fingerprint density at radius 3 is 2.21 bits per heavy atom. The van der Waals surface area contributed by atoms with Crippen LogP contribution in [0.5, 0.6) is 0 Å². The third-order valence-electron chi connectivity index (χ3n) is 11.2. The van der Waals surface area contributed by atoms with Crippen LogP contribution in [-0.2, 0) is 50.3 Å². The lowest BCUT2D eigenvalue weighted by atomic mass is 9.90. The second kappa shape index (κ2) is 20.4. The van der Waals surface area contributed by atoms with Gasteiger partial charge in [-0.3, -0.25) is 9.78 Å². The van der Waals surface area contributed by atoms with Crippen molar-refractivity contribution in [2.45, 2.75) is 69.3 Å². The molecule has 61 heavy (non-hydrogen) atoms. The number of aryl methyl sites for hydroxylation is 1. The fourth-order valence-corrected chi connectivity index (χ4v) is 8.82. The molecule has 0 aliphatic carbocycles. The highest BCUT2D eigenvalue weighted by Crippen LogP contribution is 2.42. The first-order chi connectivity index (χ1) is 29.5. The van der Waals surface area contributed by atoms with E-state index in [-0.39, 0.29) is 42.6 Å². The van der Waals surface area contributed by atoms with Gasteiger partial charge in [0.25, 0.3) is 0 Å². The average molecular weight is 839 g/mol. The van der Waals surface area contributed by atoms with Crippen LogP contribution in [0, 0.1) is 12.8 Å². The molecule has 0 saturated carbocycles. The molecule has 3 N–H and O–H groups in total. The van der Waals surface area contributed by atoms with Crippen molar-refractivity contribution < 1.29 is 27.8 Å². The van der Waals surface area contributed by atoms with Crippen LogP contribution in [0.1, 0.15) is 58.4 Å². The zero-order valence-corrected chi connectivity index (χ0v) is 35.7. The summed E-state index contributed by atoms with van der Waals surface area (Å²) < 4.78 is 43.1. The van der Waals surface area contributed by atoms with Gasteiger partial charge >= 0.3 is 0 Å². The summed E-state index contributed by atoms with van der Waals surface area (Å²) in [4.78, 5) is 20.6. The first-order valence-electron chi connectivity index (χ1n) is 20.7. The molecule has 1 aromatic heterocycles. The number of nitrogens with one attached hydrogen (secondary N) is 2. The molecule has 1 aliphatic rings. The third-order valence-corrected chi connectivity index (χ3v) is 12.7. The summed E-state index contributed by atoms with van der Waals surface area (Å²) in [5, 5.41) is 12.7. The quantitative estimate of drug-likeness (QED) is 0.0852. The highest BCUT2D eigenvalue weighted by Gasteiger charge is 2.39. The number of sulfonamides is 1. The van der Waals surface area contributed by atoms with E-state index < -0.39 is 28.3 Å². The topological polar surface area (TPSA) is 130 Å². The number of aliphatic hydroxyl groups is 1. The Labute approximate surface area is 359 Å². The number of nitrogens with zero attached hydrogens (tertiary/aromatic N) is 2. The summed E-state index contributed by atoms with van der Waals surface area (Å²) in [6.45, 7) is 5.76. The number of benzene rings is 5. The SMILES string of the molecule is Cc1ccc(S(=O)(=O)N[C@H](Cc2ccccc2)C(=O)NCc2cccc(-c3cccc([C@H]4O[C@@H](CN(C)CCc5ccccn5)[C@@H](C)[C@@H](c5ccc(CO)cc5)O4)c3)c2)cc1. The van der Waals surface area contributed by atoms with Crippen molar-refractivity contribution in [2.24, 2.45) is 5.92 Å². The predicted octanol–water partition coefficient (Wildman–Crippen LogP) is 7.72. The Kier molecular flexibility index (Phi) is 14.5. The molecule has 11 heteroatoms. The number of rotatable bonds is 17. The molecule has 0 radical (unpaired) electrons. The van der Waals surface area contributed by atoms with Gasteiger partial charge in [0.15, 0.2) is 6.29 Å². The molecule has 0 bridgehead atoms. The van der Waals surface area contributed by atoms with Crippen LogP contribution in [0.25, 0.3) is 11.1 Å². The molecular formula is C50H54N4O6S. The highest BCUT2D eigenvalue weighted by molar-refractivity contribution is 7.89. The second-order valence-corrected chi connectivity index (χ2v) is 17.6. The largest absolute Gasteiger partial charge is 0.392 e. The lowest BCUT2D eigenvalue weighted by Gasteiger charge is -2.42. The number of aromatic nitrogens is 1. The number of likely N-dealkylation sites (N-methyl/N-ethyl adjacent to an activating group) is 1. The summed E-state index contributed by atoms with van der Waals surface area (Å²) >= 11 is 0. The van der Waals surface area contributed by atoms with Crippen molar-refractivity contribution in [3.05, 3.63) is 191 Å². The fourth-order valence-electron chi connectivity index (χ4n) is 7.63. The van der Waals surface area contributed by atoms with Crippen LogP contribution < -0.4 is 10.0 Å². The summed E-state index contributed by atoms with van der Waals surface area (Å²) in [5.74, 6) is -0.390. The van der Waals surface area contributed by atoms with Gasteiger partial charge in [0.1, 0.15) is 6.04 Å². The molecule has 1 saturated heterocycles. The van der Waals surface area contributed by atoms with Gasteiger partial charge < -0.3 is 24.8 Å². The maximum absolute atomic E-state index is 13.8. The number of hydrogen-bond donors (Lipinski definition) is 3. The first-order valence-corrected chi connectivity index (χ1v) is 22.2. The third kappa shape index (κ3) is 11.6. The summed E-state index contributed by atoms with van der Waals surface area (Å²) in [5.41, 5.74) is 8.33. The fraction of sp³-hybridized carbons (Fsp3) is 0.280. The zero-order valence-electron chi connectivity index (χ0n) is 34.9. The van der Waals surface area contributed by atoms with E-state index in [4.69, 9.17) is 9.47 Å². The molecule has 0 unspecified atom stereocenters. The Bertz CT molecular complexity index is 2450. The zero-order chi connectivity index (χ0) is 42.8. The minimum absolute atomic E-state index is 0.0258. The molecule has 316 valence electrons. The minimum Gasteiger partial charge on any atom is -0.392 e. The van der Waals surface area contributed by atoms with Gasteiger partial charge in [0.2, 0.25) is 15.9 Å². The van der Waals surface area contributed by atoms with E-state index in [0.29, 0.717) is 6.54 Å². The van der Waals surface area contributed by atoms with Crippen molar-refractivity contribution >= 4 is 15.9 Å². The number of ether oxygens (including phenoxy) is 2. The molecule has 5 atom stereocenters. The summed E-state index contributed by atoms with van der Waals surface area (Å²) in [7, 11) is -1.87. The van der Waals surface area contributed by atoms with Gasteiger partial charge in [-0.05, 0) is 90.2 Å². The predicted molar refractivity (Wildman–Crippen MR) is 238 cm³/mol. The van der Waals surface area contributed by atoms with E-state index >= 15 is 0 Å². The first kappa shape index (κ1) is 43.6. The van der Waals surface area contributed by atoms with Crippen LogP contribution in [0.4, 0.5) is 0 Å². The molecule has 2 heterocycles. The lowest BCUT2D eigenvalue weighted by molar-refractivity contribution is -0.275. The summed E-state index contributed by atoms with van der Waals surface area (Å²) in [6, 6.07) is 44.9. The highest BCUT2D eigenvalue weighted by atomic mass is 32.2. The molecule has 5 aromatic carbocycles. The Hall–Kier alpha value is -5.53. The Balaban J connectivity index is 1.07. The molecule has 1 fully saturated rings. The molecule has 1 aliphatic heterocycles. The van der Waals surface area contributed by atoms with Gasteiger partial charge in [0, 0.05) is 49.4 Å².